The van der Waals surface area contributed by atoms with Crippen LogP contribution in [-0.2, 0) is 24.3 Å². The molecule has 3 N–H and O–H groups in total. The number of sulfonamides is 1. The second-order valence-corrected chi connectivity index (χ2v) is 7.62. The number of carbonyl (C=O) groups excluding carboxylic acids is 2. The van der Waals surface area contributed by atoms with Gasteiger partial charge < -0.3 is 10.5 Å². The Morgan fingerprint density at radius 3 is 2.48 bits per heavy atom. The molecule has 0 bridgehead atoms. The third-order valence-corrected chi connectivity index (χ3v) is 5.06. The number of carbonyl (C=O) groups is 2. The summed E-state index contributed by atoms with van der Waals surface area (Å²) in [5.74, 6) is -1.14. The van der Waals surface area contributed by atoms with Gasteiger partial charge in [0.15, 0.2) is 6.61 Å². The van der Waals surface area contributed by atoms with Crippen molar-refractivity contribution >= 4 is 45.3 Å². The number of nitrogens with two attached hydrogens (primary N) is 1. The summed E-state index contributed by atoms with van der Waals surface area (Å²) in [6, 6.07) is 4.40. The zero-order valence-corrected chi connectivity index (χ0v) is 14.7. The standard InChI is InChI=1S/C13H17ClN2O5S2/c1-22-7-6-11(13(18)21-8-12(15)17)16-23(19,20)10-4-2-9(14)3-5-10/h2-5,11,16H,6-8H2,1H3,(H2,15,17)/t11-/m0/s1. The number of ether oxygens (including phenoxy) is 1. The van der Waals surface area contributed by atoms with Crippen LogP contribution in [0, 0.1) is 0 Å². The average Bonchev–Trinajstić information content (AvgIpc) is 2.49. The molecule has 1 aromatic carbocycles. The zero-order valence-electron chi connectivity index (χ0n) is 12.3. The number of amides is 1. The van der Waals surface area contributed by atoms with E-state index in [-0.39, 0.29) is 11.3 Å². The van der Waals surface area contributed by atoms with Crippen molar-refractivity contribution in [1.82, 2.24) is 4.72 Å². The van der Waals surface area contributed by atoms with Crippen LogP contribution in [-0.4, -0.2) is 45.0 Å². The Kier molecular flexibility index (Phi) is 7.83. The van der Waals surface area contributed by atoms with Crippen molar-refractivity contribution in [3.8, 4) is 0 Å². The fourth-order valence-electron chi connectivity index (χ4n) is 1.57. The van der Waals surface area contributed by atoms with Crippen molar-refractivity contribution in [1.29, 1.82) is 0 Å². The van der Waals surface area contributed by atoms with Crippen molar-refractivity contribution in [3.63, 3.8) is 0 Å². The first-order valence-electron chi connectivity index (χ1n) is 6.48. The largest absolute Gasteiger partial charge is 0.454 e. The summed E-state index contributed by atoms with van der Waals surface area (Å²) in [5, 5.41) is 0.392. The SMILES string of the molecule is CSCC[C@H](NS(=O)(=O)c1ccc(Cl)cc1)C(=O)OCC(N)=O. The summed E-state index contributed by atoms with van der Waals surface area (Å²) in [7, 11) is -3.93. The van der Waals surface area contributed by atoms with E-state index in [4.69, 9.17) is 22.1 Å². The number of thioether (sulfide) groups is 1. The molecule has 10 heteroatoms. The fraction of sp³-hybridized carbons (Fsp3) is 0.385. The molecule has 0 spiro atoms. The van der Waals surface area contributed by atoms with Crippen LogP contribution in [0.3, 0.4) is 0 Å². The Hall–Kier alpha value is -1.29. The fourth-order valence-corrected chi connectivity index (χ4v) is 3.39. The van der Waals surface area contributed by atoms with Gasteiger partial charge in [-0.05, 0) is 42.7 Å². The Morgan fingerprint density at radius 1 is 1.35 bits per heavy atom. The monoisotopic (exact) mass is 380 g/mol. The molecule has 0 saturated carbocycles. The number of esters is 1. The lowest BCUT2D eigenvalue weighted by Gasteiger charge is -2.17. The van der Waals surface area contributed by atoms with Crippen LogP contribution in [0.4, 0.5) is 0 Å². The summed E-state index contributed by atoms with van der Waals surface area (Å²) in [6.07, 6.45) is 2.03. The summed E-state index contributed by atoms with van der Waals surface area (Å²) >= 11 is 7.17. The minimum absolute atomic E-state index is 0.0289. The van der Waals surface area contributed by atoms with E-state index in [1.54, 1.807) is 0 Å². The van der Waals surface area contributed by atoms with Gasteiger partial charge in [0.05, 0.1) is 4.90 Å². The minimum Gasteiger partial charge on any atom is -0.454 e. The maximum Gasteiger partial charge on any atom is 0.324 e. The highest BCUT2D eigenvalue weighted by Gasteiger charge is 2.27. The number of rotatable bonds is 9. The van der Waals surface area contributed by atoms with Gasteiger partial charge in [0.1, 0.15) is 6.04 Å². The number of benzene rings is 1. The second kappa shape index (κ2) is 9.11. The van der Waals surface area contributed by atoms with Crippen LogP contribution in [0.15, 0.2) is 29.2 Å². The molecule has 0 radical (unpaired) electrons. The van der Waals surface area contributed by atoms with Crippen LogP contribution in [0.1, 0.15) is 6.42 Å². The summed E-state index contributed by atoms with van der Waals surface area (Å²) in [5.41, 5.74) is 4.90. The molecule has 0 aliphatic rings. The molecule has 0 aliphatic carbocycles. The van der Waals surface area contributed by atoms with Crippen LogP contribution >= 0.6 is 23.4 Å². The highest BCUT2D eigenvalue weighted by atomic mass is 35.5. The predicted molar refractivity (Wildman–Crippen MR) is 88.7 cm³/mol. The van der Waals surface area contributed by atoms with Gasteiger partial charge in [0, 0.05) is 5.02 Å². The number of hydrogen-bond acceptors (Lipinski definition) is 6. The molecular formula is C13H17ClN2O5S2. The maximum atomic E-state index is 12.3. The molecule has 0 saturated heterocycles. The predicted octanol–water partition coefficient (Wildman–Crippen LogP) is 0.769. The first-order valence-corrected chi connectivity index (χ1v) is 9.73. The van der Waals surface area contributed by atoms with Gasteiger partial charge in [-0.1, -0.05) is 11.6 Å². The molecule has 0 unspecified atom stereocenters. The normalized spacial score (nSPS) is 12.6. The summed E-state index contributed by atoms with van der Waals surface area (Å²) < 4.78 is 31.6. The molecule has 1 amide bonds. The van der Waals surface area contributed by atoms with Crippen molar-refractivity contribution in [2.45, 2.75) is 17.4 Å². The molecule has 128 valence electrons. The van der Waals surface area contributed by atoms with Gasteiger partial charge in [-0.3, -0.25) is 9.59 Å². The van der Waals surface area contributed by atoms with E-state index in [0.717, 1.165) is 0 Å². The third kappa shape index (κ3) is 6.78. The van der Waals surface area contributed by atoms with E-state index in [0.29, 0.717) is 10.8 Å². The van der Waals surface area contributed by atoms with Gasteiger partial charge in [-0.15, -0.1) is 0 Å². The number of nitrogens with one attached hydrogen (secondary N) is 1. The molecule has 1 atom stereocenters. The van der Waals surface area contributed by atoms with E-state index in [9.17, 15) is 18.0 Å². The molecule has 0 aliphatic heterocycles. The van der Waals surface area contributed by atoms with Crippen molar-refractivity contribution < 1.29 is 22.7 Å². The van der Waals surface area contributed by atoms with Gasteiger partial charge in [0.25, 0.3) is 5.91 Å². The van der Waals surface area contributed by atoms with Gasteiger partial charge in [-0.25, -0.2) is 8.42 Å². The number of halogens is 1. The second-order valence-electron chi connectivity index (χ2n) is 4.48. The Bertz CT molecular complexity index is 649. The van der Waals surface area contributed by atoms with Crippen molar-refractivity contribution in [2.24, 2.45) is 5.73 Å². The third-order valence-electron chi connectivity index (χ3n) is 2.67. The van der Waals surface area contributed by atoms with Gasteiger partial charge in [0.2, 0.25) is 10.0 Å². The number of primary amides is 1. The molecule has 0 fully saturated rings. The Morgan fingerprint density at radius 2 is 1.96 bits per heavy atom. The van der Waals surface area contributed by atoms with Crippen LogP contribution < -0.4 is 10.5 Å². The van der Waals surface area contributed by atoms with Gasteiger partial charge in [-0.2, -0.15) is 16.5 Å². The van der Waals surface area contributed by atoms with E-state index in [1.165, 1.54) is 36.0 Å². The molecule has 0 aromatic heterocycles. The molecular weight excluding hydrogens is 364 g/mol. The van der Waals surface area contributed by atoms with Crippen molar-refractivity contribution in [2.75, 3.05) is 18.6 Å². The quantitative estimate of drug-likeness (QED) is 0.611. The number of hydrogen-bond donors (Lipinski definition) is 2. The maximum absolute atomic E-state index is 12.3. The smallest absolute Gasteiger partial charge is 0.324 e. The van der Waals surface area contributed by atoms with E-state index >= 15 is 0 Å². The van der Waals surface area contributed by atoms with Crippen LogP contribution in [0.2, 0.25) is 5.02 Å². The molecule has 1 rings (SSSR count). The molecule has 1 aromatic rings. The average molecular weight is 381 g/mol. The van der Waals surface area contributed by atoms with Crippen molar-refractivity contribution in [3.05, 3.63) is 29.3 Å². The van der Waals surface area contributed by atoms with Crippen LogP contribution in [0.5, 0.6) is 0 Å². The zero-order chi connectivity index (χ0) is 17.5. The topological polar surface area (TPSA) is 116 Å². The first kappa shape index (κ1) is 19.8. The molecule has 23 heavy (non-hydrogen) atoms. The highest BCUT2D eigenvalue weighted by Crippen LogP contribution is 2.15. The summed E-state index contributed by atoms with van der Waals surface area (Å²) in [4.78, 5) is 22.6. The Balaban J connectivity index is 2.88. The lowest BCUT2D eigenvalue weighted by Crippen LogP contribution is -2.43. The molecule has 7 nitrogen and oxygen atoms in total. The van der Waals surface area contributed by atoms with Gasteiger partial charge >= 0.3 is 5.97 Å². The lowest BCUT2D eigenvalue weighted by atomic mass is 10.2. The molecule has 0 heterocycles. The van der Waals surface area contributed by atoms with Crippen LogP contribution in [0.25, 0.3) is 0 Å². The lowest BCUT2D eigenvalue weighted by molar-refractivity contribution is -0.149. The van der Waals surface area contributed by atoms with E-state index < -0.39 is 34.5 Å². The van der Waals surface area contributed by atoms with E-state index in [2.05, 4.69) is 4.72 Å². The minimum atomic E-state index is -3.93. The highest BCUT2D eigenvalue weighted by molar-refractivity contribution is 7.98. The Labute approximate surface area is 143 Å². The first-order chi connectivity index (χ1) is 10.8. The summed E-state index contributed by atoms with van der Waals surface area (Å²) in [6.45, 7) is -0.600. The van der Waals surface area contributed by atoms with E-state index in [1.807, 2.05) is 6.26 Å².